The van der Waals surface area contributed by atoms with Gasteiger partial charge >= 0.3 is 0 Å². The summed E-state index contributed by atoms with van der Waals surface area (Å²) in [5.41, 5.74) is 0.644. The summed E-state index contributed by atoms with van der Waals surface area (Å²) < 4.78 is 29.2. The zero-order chi connectivity index (χ0) is 17.4. The van der Waals surface area contributed by atoms with Crippen molar-refractivity contribution in [3.05, 3.63) is 24.3 Å². The Morgan fingerprint density at radius 1 is 1.22 bits per heavy atom. The van der Waals surface area contributed by atoms with Crippen molar-refractivity contribution in [2.75, 3.05) is 11.9 Å². The van der Waals surface area contributed by atoms with Gasteiger partial charge in [0.1, 0.15) is 10.5 Å². The number of sulfone groups is 1. The van der Waals surface area contributed by atoms with Crippen molar-refractivity contribution in [1.82, 2.24) is 0 Å². The molecule has 23 heavy (non-hydrogen) atoms. The molecule has 0 N–H and O–H groups in total. The summed E-state index contributed by atoms with van der Waals surface area (Å²) in [7, 11) is -1.86. The van der Waals surface area contributed by atoms with Gasteiger partial charge in [-0.2, -0.15) is 0 Å². The predicted molar refractivity (Wildman–Crippen MR) is 91.6 cm³/mol. The van der Waals surface area contributed by atoms with Crippen LogP contribution in [0.1, 0.15) is 40.5 Å². The molecule has 128 valence electrons. The van der Waals surface area contributed by atoms with Gasteiger partial charge in [-0.15, -0.1) is 0 Å². The lowest BCUT2D eigenvalue weighted by atomic mass is 10.1. The highest BCUT2D eigenvalue weighted by atomic mass is 32.2. The molecule has 0 bridgehead atoms. The normalized spacial score (nSPS) is 15.6. The quantitative estimate of drug-likeness (QED) is 0.799. The molecule has 6 heteroatoms. The van der Waals surface area contributed by atoms with Gasteiger partial charge in [-0.25, -0.2) is 8.42 Å². The van der Waals surface area contributed by atoms with Crippen LogP contribution >= 0.6 is 0 Å². The summed E-state index contributed by atoms with van der Waals surface area (Å²) in [6.07, 6.45) is 1.39. The van der Waals surface area contributed by atoms with Crippen LogP contribution in [-0.4, -0.2) is 37.5 Å². The molecule has 2 rings (SSSR count). The van der Waals surface area contributed by atoms with Gasteiger partial charge in [0.05, 0.1) is 11.4 Å². The lowest BCUT2D eigenvalue weighted by Crippen LogP contribution is -2.50. The predicted octanol–water partition coefficient (Wildman–Crippen LogP) is 2.79. The third-order valence-electron chi connectivity index (χ3n) is 4.09. The minimum atomic E-state index is -3.46. The molecule has 1 amide bonds. The molecule has 1 aromatic carbocycles. The average molecular weight is 339 g/mol. The van der Waals surface area contributed by atoms with E-state index in [2.05, 4.69) is 0 Å². The maximum absolute atomic E-state index is 12.7. The van der Waals surface area contributed by atoms with Crippen LogP contribution in [0.4, 0.5) is 5.69 Å². The molecule has 1 saturated carbocycles. The summed E-state index contributed by atoms with van der Waals surface area (Å²) in [5.74, 6) is 0.302. The van der Waals surface area contributed by atoms with Crippen LogP contribution in [-0.2, 0) is 14.6 Å². The lowest BCUT2D eigenvalue weighted by molar-refractivity contribution is -0.120. The third kappa shape index (κ3) is 3.52. The molecule has 0 aliphatic heterocycles. The highest BCUT2D eigenvalue weighted by molar-refractivity contribution is 7.94. The summed E-state index contributed by atoms with van der Waals surface area (Å²) in [6, 6.07) is 7.08. The first kappa shape index (κ1) is 17.8. The zero-order valence-electron chi connectivity index (χ0n) is 14.4. The molecule has 1 aliphatic rings. The molecule has 5 nitrogen and oxygen atoms in total. The number of carbonyl (C=O) groups excluding carboxylic acids is 1. The Bertz CT molecular complexity index is 673. The van der Waals surface area contributed by atoms with Crippen molar-refractivity contribution >= 4 is 21.4 Å². The van der Waals surface area contributed by atoms with E-state index in [0.717, 1.165) is 5.75 Å². The molecular formula is C17H25NO4S. The Labute approximate surface area is 138 Å². The second-order valence-electron chi connectivity index (χ2n) is 6.78. The Morgan fingerprint density at radius 3 is 2.17 bits per heavy atom. The molecule has 0 atom stereocenters. The van der Waals surface area contributed by atoms with E-state index in [1.54, 1.807) is 31.3 Å². The summed E-state index contributed by atoms with van der Waals surface area (Å²) in [4.78, 5) is 14.1. The molecule has 0 unspecified atom stereocenters. The van der Waals surface area contributed by atoms with Gasteiger partial charge in [0.15, 0.2) is 9.84 Å². The summed E-state index contributed by atoms with van der Waals surface area (Å²) in [6.45, 7) is 6.87. The van der Waals surface area contributed by atoms with E-state index < -0.39 is 20.5 Å². The van der Waals surface area contributed by atoms with Crippen molar-refractivity contribution in [2.24, 2.45) is 0 Å². The first-order valence-electron chi connectivity index (χ1n) is 7.85. The molecule has 0 radical (unpaired) electrons. The SMILES string of the molecule is CC(C)Oc1ccc(N(C)C(=O)C(C)(C)S(=O)(=O)C2CC2)cc1. The molecule has 0 aromatic heterocycles. The zero-order valence-corrected chi connectivity index (χ0v) is 15.2. The second-order valence-corrected chi connectivity index (χ2v) is 9.56. The fraction of sp³-hybridized carbons (Fsp3) is 0.588. The van der Waals surface area contributed by atoms with Crippen molar-refractivity contribution in [1.29, 1.82) is 0 Å². The van der Waals surface area contributed by atoms with E-state index in [1.807, 2.05) is 13.8 Å². The number of benzene rings is 1. The van der Waals surface area contributed by atoms with Gasteiger partial charge < -0.3 is 9.64 Å². The van der Waals surface area contributed by atoms with Crippen molar-refractivity contribution in [2.45, 2.75) is 56.6 Å². The molecule has 0 heterocycles. The van der Waals surface area contributed by atoms with Crippen LogP contribution in [0.5, 0.6) is 5.75 Å². The molecule has 1 aliphatic carbocycles. The van der Waals surface area contributed by atoms with Crippen LogP contribution in [0.15, 0.2) is 24.3 Å². The maximum Gasteiger partial charge on any atom is 0.247 e. The van der Waals surface area contributed by atoms with E-state index in [-0.39, 0.29) is 11.4 Å². The minimum absolute atomic E-state index is 0.0721. The Kier molecular flexibility index (Phi) is 4.76. The van der Waals surface area contributed by atoms with Gasteiger partial charge in [0.2, 0.25) is 5.91 Å². The highest BCUT2D eigenvalue weighted by Gasteiger charge is 2.51. The third-order valence-corrected chi connectivity index (χ3v) is 7.04. The first-order chi connectivity index (χ1) is 10.6. The topological polar surface area (TPSA) is 63.7 Å². The van der Waals surface area contributed by atoms with E-state index in [1.165, 1.54) is 18.7 Å². The Morgan fingerprint density at radius 2 is 1.74 bits per heavy atom. The number of ether oxygens (including phenoxy) is 1. The van der Waals surface area contributed by atoms with Crippen LogP contribution in [0.2, 0.25) is 0 Å². The summed E-state index contributed by atoms with van der Waals surface area (Å²) in [5, 5.41) is -0.364. The van der Waals surface area contributed by atoms with Crippen LogP contribution in [0.25, 0.3) is 0 Å². The standard InChI is InChI=1S/C17H25NO4S/c1-12(2)22-14-8-6-13(7-9-14)18(5)16(19)17(3,4)23(20,21)15-10-11-15/h6-9,12,15H,10-11H2,1-5H3. The number of carbonyl (C=O) groups is 1. The fourth-order valence-electron chi connectivity index (χ4n) is 2.46. The number of hydrogen-bond donors (Lipinski definition) is 0. The van der Waals surface area contributed by atoms with Gasteiger partial charge in [0, 0.05) is 12.7 Å². The number of hydrogen-bond acceptors (Lipinski definition) is 4. The van der Waals surface area contributed by atoms with E-state index in [9.17, 15) is 13.2 Å². The van der Waals surface area contributed by atoms with Crippen molar-refractivity contribution in [3.8, 4) is 5.75 Å². The van der Waals surface area contributed by atoms with Gasteiger partial charge in [0.25, 0.3) is 0 Å². The fourth-order valence-corrected chi connectivity index (χ4v) is 4.43. The Balaban J connectivity index is 2.19. The number of rotatable bonds is 6. The van der Waals surface area contributed by atoms with E-state index in [4.69, 9.17) is 4.74 Å². The van der Waals surface area contributed by atoms with Crippen molar-refractivity contribution in [3.63, 3.8) is 0 Å². The number of nitrogens with zero attached hydrogens (tertiary/aromatic N) is 1. The maximum atomic E-state index is 12.7. The van der Waals surface area contributed by atoms with Crippen LogP contribution in [0.3, 0.4) is 0 Å². The van der Waals surface area contributed by atoms with Crippen LogP contribution in [0, 0.1) is 0 Å². The monoisotopic (exact) mass is 339 g/mol. The van der Waals surface area contributed by atoms with E-state index >= 15 is 0 Å². The second kappa shape index (κ2) is 6.15. The van der Waals surface area contributed by atoms with Crippen LogP contribution < -0.4 is 9.64 Å². The molecule has 1 fully saturated rings. The number of anilines is 1. The average Bonchev–Trinajstić information content (AvgIpc) is 3.30. The highest BCUT2D eigenvalue weighted by Crippen LogP contribution is 2.37. The van der Waals surface area contributed by atoms with Crippen molar-refractivity contribution < 1.29 is 17.9 Å². The first-order valence-corrected chi connectivity index (χ1v) is 9.40. The Hall–Kier alpha value is -1.56. The summed E-state index contributed by atoms with van der Waals surface area (Å²) >= 11 is 0. The van der Waals surface area contributed by atoms with Gasteiger partial charge in [-0.3, -0.25) is 4.79 Å². The largest absolute Gasteiger partial charge is 0.491 e. The molecule has 0 saturated heterocycles. The minimum Gasteiger partial charge on any atom is -0.491 e. The smallest absolute Gasteiger partial charge is 0.247 e. The molecular weight excluding hydrogens is 314 g/mol. The van der Waals surface area contributed by atoms with Gasteiger partial charge in [-0.1, -0.05) is 0 Å². The van der Waals surface area contributed by atoms with E-state index in [0.29, 0.717) is 18.5 Å². The van der Waals surface area contributed by atoms with Gasteiger partial charge in [-0.05, 0) is 64.8 Å². The molecule has 0 spiro atoms. The number of amides is 1. The molecule has 1 aromatic rings. The lowest BCUT2D eigenvalue weighted by Gasteiger charge is -2.29.